The van der Waals surface area contributed by atoms with E-state index in [9.17, 15) is 4.79 Å². The van der Waals surface area contributed by atoms with Gasteiger partial charge in [0.15, 0.2) is 0 Å². The van der Waals surface area contributed by atoms with E-state index in [1.54, 1.807) is 12.1 Å². The fourth-order valence-electron chi connectivity index (χ4n) is 1.30. The zero-order valence-electron chi connectivity index (χ0n) is 7.77. The third-order valence-corrected chi connectivity index (χ3v) is 2.34. The van der Waals surface area contributed by atoms with E-state index in [1.807, 2.05) is 0 Å². The number of carbonyl (C=O) groups is 1. The number of hydrogen-bond donors (Lipinski definition) is 1. The lowest BCUT2D eigenvalue weighted by Crippen LogP contribution is -2.24. The number of rotatable bonds is 3. The summed E-state index contributed by atoms with van der Waals surface area (Å²) in [6.07, 6.45) is 5.24. The van der Waals surface area contributed by atoms with Crippen LogP contribution in [-0.2, 0) is 0 Å². The average Bonchev–Trinajstić information content (AvgIpc) is 2.12. The van der Waals surface area contributed by atoms with Crippen LogP contribution in [0.2, 0.25) is 0 Å². The Hall–Kier alpha value is -1.58. The first-order valence-corrected chi connectivity index (χ1v) is 4.68. The minimum Gasteiger partial charge on any atom is -0.490 e. The maximum atomic E-state index is 10.8. The van der Waals surface area contributed by atoms with Crippen LogP contribution in [0.3, 0.4) is 0 Å². The van der Waals surface area contributed by atoms with Gasteiger partial charge in [0, 0.05) is 12.3 Å². The predicted molar refractivity (Wildman–Crippen MR) is 51.0 cm³/mol. The standard InChI is InChI=1S/C10H12N2O2/c11-10(13)9-6-8(4-5-12-9)14-7-2-1-3-7/h4-7H,1-3H2,(H2,11,13). The topological polar surface area (TPSA) is 65.2 Å². The van der Waals surface area contributed by atoms with E-state index in [-0.39, 0.29) is 5.69 Å². The molecular weight excluding hydrogens is 180 g/mol. The number of amides is 1. The minimum atomic E-state index is -0.524. The zero-order chi connectivity index (χ0) is 9.97. The van der Waals surface area contributed by atoms with Crippen LogP contribution >= 0.6 is 0 Å². The van der Waals surface area contributed by atoms with Crippen LogP contribution in [0.15, 0.2) is 18.3 Å². The van der Waals surface area contributed by atoms with Crippen molar-refractivity contribution in [1.29, 1.82) is 0 Å². The van der Waals surface area contributed by atoms with Gasteiger partial charge in [0.05, 0.1) is 6.10 Å². The summed E-state index contributed by atoms with van der Waals surface area (Å²) in [5.41, 5.74) is 5.35. The molecule has 2 rings (SSSR count). The fourth-order valence-corrected chi connectivity index (χ4v) is 1.30. The van der Waals surface area contributed by atoms with Crippen LogP contribution in [0.5, 0.6) is 5.75 Å². The van der Waals surface area contributed by atoms with Gasteiger partial charge in [0.1, 0.15) is 11.4 Å². The number of aromatic nitrogens is 1. The first-order valence-electron chi connectivity index (χ1n) is 4.68. The molecule has 1 fully saturated rings. The highest BCUT2D eigenvalue weighted by molar-refractivity contribution is 5.91. The van der Waals surface area contributed by atoms with Crippen LogP contribution < -0.4 is 10.5 Å². The Labute approximate surface area is 82.1 Å². The number of nitrogens with two attached hydrogens (primary N) is 1. The van der Waals surface area contributed by atoms with Gasteiger partial charge in [-0.1, -0.05) is 0 Å². The van der Waals surface area contributed by atoms with Crippen molar-refractivity contribution in [3.63, 3.8) is 0 Å². The van der Waals surface area contributed by atoms with Gasteiger partial charge < -0.3 is 10.5 Å². The molecule has 1 aliphatic carbocycles. The molecule has 74 valence electrons. The molecule has 1 amide bonds. The summed E-state index contributed by atoms with van der Waals surface area (Å²) in [4.78, 5) is 14.7. The van der Waals surface area contributed by atoms with E-state index in [0.29, 0.717) is 11.9 Å². The quantitative estimate of drug-likeness (QED) is 0.780. The summed E-state index contributed by atoms with van der Waals surface area (Å²) in [5.74, 6) is 0.155. The Bertz CT molecular complexity index is 348. The van der Waals surface area contributed by atoms with Gasteiger partial charge in [-0.2, -0.15) is 0 Å². The largest absolute Gasteiger partial charge is 0.490 e. The van der Waals surface area contributed by atoms with Crippen molar-refractivity contribution >= 4 is 5.91 Å². The predicted octanol–water partition coefficient (Wildman–Crippen LogP) is 1.11. The molecule has 0 atom stereocenters. The summed E-state index contributed by atoms with van der Waals surface area (Å²) in [6.45, 7) is 0. The first-order chi connectivity index (χ1) is 6.75. The molecule has 4 heteroatoms. The molecular formula is C10H12N2O2. The molecule has 14 heavy (non-hydrogen) atoms. The molecule has 1 heterocycles. The number of ether oxygens (including phenoxy) is 1. The monoisotopic (exact) mass is 192 g/mol. The fraction of sp³-hybridized carbons (Fsp3) is 0.400. The van der Waals surface area contributed by atoms with Crippen molar-refractivity contribution in [3.05, 3.63) is 24.0 Å². The second-order valence-corrected chi connectivity index (χ2v) is 3.41. The van der Waals surface area contributed by atoms with E-state index in [2.05, 4.69) is 4.98 Å². The molecule has 0 aromatic carbocycles. The maximum absolute atomic E-state index is 10.8. The molecule has 1 saturated carbocycles. The number of primary amides is 1. The molecule has 0 unspecified atom stereocenters. The molecule has 0 saturated heterocycles. The SMILES string of the molecule is NC(=O)c1cc(OC2CCC2)ccn1. The summed E-state index contributed by atoms with van der Waals surface area (Å²) < 4.78 is 5.59. The Morgan fingerprint density at radius 2 is 2.36 bits per heavy atom. The molecule has 4 nitrogen and oxygen atoms in total. The van der Waals surface area contributed by atoms with Crippen LogP contribution in [-0.4, -0.2) is 17.0 Å². The van der Waals surface area contributed by atoms with Crippen molar-refractivity contribution in [2.45, 2.75) is 25.4 Å². The van der Waals surface area contributed by atoms with Crippen molar-refractivity contribution < 1.29 is 9.53 Å². The lowest BCUT2D eigenvalue weighted by Gasteiger charge is -2.26. The van der Waals surface area contributed by atoms with Gasteiger partial charge in [-0.15, -0.1) is 0 Å². The van der Waals surface area contributed by atoms with Gasteiger partial charge in [-0.3, -0.25) is 9.78 Å². The van der Waals surface area contributed by atoms with Crippen LogP contribution in [0.4, 0.5) is 0 Å². The lowest BCUT2D eigenvalue weighted by molar-refractivity contribution is 0.0991. The van der Waals surface area contributed by atoms with Crippen molar-refractivity contribution in [1.82, 2.24) is 4.98 Å². The first kappa shape index (κ1) is 8.99. The van der Waals surface area contributed by atoms with E-state index in [1.165, 1.54) is 12.6 Å². The Kier molecular flexibility index (Phi) is 2.35. The molecule has 0 radical (unpaired) electrons. The molecule has 0 aliphatic heterocycles. The zero-order valence-corrected chi connectivity index (χ0v) is 7.77. The number of carbonyl (C=O) groups excluding carboxylic acids is 1. The molecule has 2 N–H and O–H groups in total. The Morgan fingerprint density at radius 3 is 2.93 bits per heavy atom. The van der Waals surface area contributed by atoms with E-state index in [0.717, 1.165) is 12.8 Å². The molecule has 1 aliphatic rings. The summed E-state index contributed by atoms with van der Waals surface area (Å²) in [6, 6.07) is 3.32. The van der Waals surface area contributed by atoms with Crippen molar-refractivity contribution in [2.75, 3.05) is 0 Å². The number of hydrogen-bond acceptors (Lipinski definition) is 3. The Morgan fingerprint density at radius 1 is 1.57 bits per heavy atom. The molecule has 1 aromatic rings. The number of pyridine rings is 1. The van der Waals surface area contributed by atoms with Crippen LogP contribution in [0.1, 0.15) is 29.8 Å². The normalized spacial score (nSPS) is 16.0. The summed E-state index contributed by atoms with van der Waals surface area (Å²) in [5, 5.41) is 0. The van der Waals surface area contributed by atoms with Gasteiger partial charge in [0.25, 0.3) is 5.91 Å². The summed E-state index contributed by atoms with van der Waals surface area (Å²) >= 11 is 0. The highest BCUT2D eigenvalue weighted by atomic mass is 16.5. The van der Waals surface area contributed by atoms with Crippen LogP contribution in [0, 0.1) is 0 Å². The second kappa shape index (κ2) is 3.65. The smallest absolute Gasteiger partial charge is 0.267 e. The van der Waals surface area contributed by atoms with Gasteiger partial charge in [0.2, 0.25) is 0 Å². The third kappa shape index (κ3) is 1.84. The van der Waals surface area contributed by atoms with E-state index >= 15 is 0 Å². The second-order valence-electron chi connectivity index (χ2n) is 3.41. The van der Waals surface area contributed by atoms with Crippen LogP contribution in [0.25, 0.3) is 0 Å². The molecule has 0 spiro atoms. The lowest BCUT2D eigenvalue weighted by atomic mass is 9.96. The third-order valence-electron chi connectivity index (χ3n) is 2.34. The minimum absolute atomic E-state index is 0.252. The summed E-state index contributed by atoms with van der Waals surface area (Å²) in [7, 11) is 0. The van der Waals surface area contributed by atoms with E-state index < -0.39 is 5.91 Å². The van der Waals surface area contributed by atoms with Crippen molar-refractivity contribution in [2.24, 2.45) is 5.73 Å². The molecule has 1 aromatic heterocycles. The van der Waals surface area contributed by atoms with Gasteiger partial charge in [-0.25, -0.2) is 0 Å². The van der Waals surface area contributed by atoms with Gasteiger partial charge >= 0.3 is 0 Å². The van der Waals surface area contributed by atoms with Crippen molar-refractivity contribution in [3.8, 4) is 5.75 Å². The number of nitrogens with zero attached hydrogens (tertiary/aromatic N) is 1. The maximum Gasteiger partial charge on any atom is 0.267 e. The van der Waals surface area contributed by atoms with E-state index in [4.69, 9.17) is 10.5 Å². The van der Waals surface area contributed by atoms with Gasteiger partial charge in [-0.05, 0) is 25.3 Å². The highest BCUT2D eigenvalue weighted by Crippen LogP contribution is 2.24. The highest BCUT2D eigenvalue weighted by Gasteiger charge is 2.19. The average molecular weight is 192 g/mol. The molecule has 0 bridgehead atoms. The Balaban J connectivity index is 2.09.